The van der Waals surface area contributed by atoms with Crippen molar-refractivity contribution in [3.05, 3.63) is 63.8 Å². The van der Waals surface area contributed by atoms with Gasteiger partial charge < -0.3 is 24.8 Å². The highest BCUT2D eigenvalue weighted by atomic mass is 79.9. The highest BCUT2D eigenvalue weighted by Gasteiger charge is 2.34. The number of aryl methyl sites for hydroxylation is 1. The molecule has 0 aliphatic carbocycles. The number of carbonyl (C=O) groups excluding carboxylic acids is 2. The summed E-state index contributed by atoms with van der Waals surface area (Å²) in [6, 6.07) is 12.9. The first kappa shape index (κ1) is 20.9. The molecule has 2 N–H and O–H groups in total. The Hall–Kier alpha value is -2.84. The summed E-state index contributed by atoms with van der Waals surface area (Å²) in [6.45, 7) is 1.93. The minimum absolute atomic E-state index is 0.0954. The summed E-state index contributed by atoms with van der Waals surface area (Å²) >= 11 is 3.39. The number of esters is 1. The molecule has 0 spiro atoms. The number of benzene rings is 2. The lowest BCUT2D eigenvalue weighted by Gasteiger charge is -2.16. The number of aliphatic hydroxyl groups excluding tert-OH is 1. The largest absolute Gasteiger partial charge is 0.466 e. The third kappa shape index (κ3) is 4.78. The van der Waals surface area contributed by atoms with Crippen molar-refractivity contribution in [2.45, 2.75) is 6.92 Å². The van der Waals surface area contributed by atoms with E-state index in [-0.39, 0.29) is 36.9 Å². The average molecular weight is 461 g/mol. The molecule has 0 radical (unpaired) electrons. The number of β-amino-alcohol motifs (C(OH)–C–C–N with tert-alkyl or cyclic N) is 1. The summed E-state index contributed by atoms with van der Waals surface area (Å²) in [5.74, 6) is 0.426. The number of nitrogens with zero attached hydrogens (tertiary/aromatic N) is 1. The number of anilines is 1. The lowest BCUT2D eigenvalue weighted by Crippen LogP contribution is -2.31. The normalized spacial score (nSPS) is 13.7. The van der Waals surface area contributed by atoms with E-state index in [9.17, 15) is 9.59 Å². The molecule has 1 aliphatic heterocycles. The second-order valence-corrected chi connectivity index (χ2v) is 7.37. The molecular weight excluding hydrogens is 440 g/mol. The fourth-order valence-corrected chi connectivity index (χ4v) is 3.23. The van der Waals surface area contributed by atoms with Gasteiger partial charge in [0.1, 0.15) is 17.2 Å². The average Bonchev–Trinajstić information content (AvgIpc) is 3.01. The summed E-state index contributed by atoms with van der Waals surface area (Å²) in [5.41, 5.74) is 1.91. The zero-order valence-corrected chi connectivity index (χ0v) is 17.7. The minimum Gasteiger partial charge on any atom is -0.466 e. The van der Waals surface area contributed by atoms with Crippen molar-refractivity contribution in [3.63, 3.8) is 0 Å². The van der Waals surface area contributed by atoms with Crippen molar-refractivity contribution >= 4 is 33.5 Å². The molecule has 1 aliphatic rings. The Labute approximate surface area is 177 Å². The van der Waals surface area contributed by atoms with Crippen LogP contribution in [0.3, 0.4) is 0 Å². The van der Waals surface area contributed by atoms with Crippen LogP contribution in [-0.4, -0.2) is 48.7 Å². The van der Waals surface area contributed by atoms with Crippen LogP contribution >= 0.6 is 15.9 Å². The van der Waals surface area contributed by atoms with Crippen LogP contribution in [0.25, 0.3) is 0 Å². The van der Waals surface area contributed by atoms with Gasteiger partial charge in [-0.1, -0.05) is 15.9 Å². The first-order valence-corrected chi connectivity index (χ1v) is 9.75. The maximum atomic E-state index is 12.6. The number of amides is 1. The molecule has 1 heterocycles. The van der Waals surface area contributed by atoms with Gasteiger partial charge in [0.25, 0.3) is 5.91 Å². The number of hydrogen-bond acceptors (Lipinski definition) is 6. The Morgan fingerprint density at radius 3 is 2.52 bits per heavy atom. The lowest BCUT2D eigenvalue weighted by atomic mass is 10.1. The third-order valence-corrected chi connectivity index (χ3v) is 4.99. The number of aliphatic hydroxyl groups is 1. The Balaban J connectivity index is 1.81. The second kappa shape index (κ2) is 9.11. The van der Waals surface area contributed by atoms with Crippen LogP contribution in [0.5, 0.6) is 11.5 Å². The number of halogens is 1. The van der Waals surface area contributed by atoms with Crippen molar-refractivity contribution < 1.29 is 24.2 Å². The van der Waals surface area contributed by atoms with Crippen LogP contribution in [0.1, 0.15) is 5.56 Å². The number of hydrogen-bond donors (Lipinski definition) is 2. The fourth-order valence-electron chi connectivity index (χ4n) is 2.96. The first-order chi connectivity index (χ1) is 13.9. The molecule has 0 saturated heterocycles. The van der Waals surface area contributed by atoms with Gasteiger partial charge in [0.05, 0.1) is 25.8 Å². The predicted molar refractivity (Wildman–Crippen MR) is 112 cm³/mol. The van der Waals surface area contributed by atoms with Crippen LogP contribution in [0.15, 0.2) is 58.2 Å². The van der Waals surface area contributed by atoms with E-state index in [0.29, 0.717) is 17.2 Å². The molecule has 1 amide bonds. The predicted octanol–water partition coefficient (Wildman–Crippen LogP) is 3.22. The topological polar surface area (TPSA) is 88.1 Å². The van der Waals surface area contributed by atoms with E-state index in [1.807, 2.05) is 37.3 Å². The lowest BCUT2D eigenvalue weighted by molar-refractivity contribution is -0.136. The second-order valence-electron chi connectivity index (χ2n) is 6.45. The van der Waals surface area contributed by atoms with Gasteiger partial charge in [-0.2, -0.15) is 0 Å². The number of carbonyl (C=O) groups is 2. The smallest absolute Gasteiger partial charge is 0.337 e. The van der Waals surface area contributed by atoms with Crippen molar-refractivity contribution in [2.24, 2.45) is 0 Å². The summed E-state index contributed by atoms with van der Waals surface area (Å²) in [6.07, 6.45) is 0. The van der Waals surface area contributed by atoms with Crippen molar-refractivity contribution in [3.8, 4) is 11.5 Å². The number of methoxy groups -OCH3 is 1. The van der Waals surface area contributed by atoms with E-state index in [1.165, 1.54) is 12.0 Å². The summed E-state index contributed by atoms with van der Waals surface area (Å²) in [4.78, 5) is 26.1. The Kier molecular flexibility index (Phi) is 6.56. The Morgan fingerprint density at radius 1 is 1.21 bits per heavy atom. The molecule has 0 bridgehead atoms. The minimum atomic E-state index is -0.575. The molecule has 0 atom stereocenters. The van der Waals surface area contributed by atoms with E-state index in [2.05, 4.69) is 21.2 Å². The Bertz CT molecular complexity index is 956. The van der Waals surface area contributed by atoms with Crippen LogP contribution in [0.4, 0.5) is 5.69 Å². The number of nitrogens with one attached hydrogen (secondary N) is 1. The molecule has 8 heteroatoms. The van der Waals surface area contributed by atoms with Gasteiger partial charge in [-0.3, -0.25) is 4.79 Å². The highest BCUT2D eigenvalue weighted by molar-refractivity contribution is 9.10. The molecule has 7 nitrogen and oxygen atoms in total. The molecule has 152 valence electrons. The molecular formula is C21H21BrN2O5. The number of ether oxygens (including phenoxy) is 2. The molecule has 2 aromatic carbocycles. The maximum absolute atomic E-state index is 12.6. The standard InChI is InChI=1S/C21H21BrN2O5/c1-13-11-16(29-15-5-3-14(22)4-6-15)7-8-18(13)23-19-17(21(27)28-2)12-24(9-10-25)20(19)26/h3-8,11,23,25H,9-10,12H2,1-2H3. The van der Waals surface area contributed by atoms with Crippen LogP contribution in [0.2, 0.25) is 0 Å². The number of rotatable bonds is 7. The summed E-state index contributed by atoms with van der Waals surface area (Å²) < 4.78 is 11.6. The van der Waals surface area contributed by atoms with E-state index in [4.69, 9.17) is 14.6 Å². The zero-order valence-electron chi connectivity index (χ0n) is 16.1. The SMILES string of the molecule is COC(=O)C1=C(Nc2ccc(Oc3ccc(Br)cc3)cc2C)C(=O)N(CCO)C1. The fraction of sp³-hybridized carbons (Fsp3) is 0.238. The van der Waals surface area contributed by atoms with Crippen molar-refractivity contribution in [1.82, 2.24) is 4.90 Å². The summed E-state index contributed by atoms with van der Waals surface area (Å²) in [5, 5.41) is 12.2. The monoisotopic (exact) mass is 460 g/mol. The highest BCUT2D eigenvalue weighted by Crippen LogP contribution is 2.29. The maximum Gasteiger partial charge on any atom is 0.337 e. The molecule has 0 fully saturated rings. The quantitative estimate of drug-likeness (QED) is 0.616. The summed E-state index contributed by atoms with van der Waals surface area (Å²) in [7, 11) is 1.27. The molecule has 0 saturated carbocycles. The van der Waals surface area contributed by atoms with E-state index in [0.717, 1.165) is 10.0 Å². The van der Waals surface area contributed by atoms with E-state index in [1.54, 1.807) is 12.1 Å². The van der Waals surface area contributed by atoms with Gasteiger partial charge in [0.15, 0.2) is 0 Å². The Morgan fingerprint density at radius 2 is 1.90 bits per heavy atom. The van der Waals surface area contributed by atoms with Crippen LogP contribution < -0.4 is 10.1 Å². The molecule has 0 aromatic heterocycles. The van der Waals surface area contributed by atoms with Gasteiger partial charge in [-0.25, -0.2) is 4.79 Å². The zero-order chi connectivity index (χ0) is 21.0. The van der Waals surface area contributed by atoms with Gasteiger partial charge in [-0.05, 0) is 55.0 Å². The molecule has 3 rings (SSSR count). The van der Waals surface area contributed by atoms with Crippen molar-refractivity contribution in [1.29, 1.82) is 0 Å². The van der Waals surface area contributed by atoms with E-state index >= 15 is 0 Å². The third-order valence-electron chi connectivity index (χ3n) is 4.46. The molecule has 0 unspecified atom stereocenters. The van der Waals surface area contributed by atoms with Gasteiger partial charge in [-0.15, -0.1) is 0 Å². The van der Waals surface area contributed by atoms with Gasteiger partial charge in [0, 0.05) is 16.7 Å². The molecule has 2 aromatic rings. The van der Waals surface area contributed by atoms with Crippen molar-refractivity contribution in [2.75, 3.05) is 32.1 Å². The van der Waals surface area contributed by atoms with Gasteiger partial charge in [0.2, 0.25) is 0 Å². The van der Waals surface area contributed by atoms with Crippen LogP contribution in [-0.2, 0) is 14.3 Å². The van der Waals surface area contributed by atoms with E-state index < -0.39 is 5.97 Å². The first-order valence-electron chi connectivity index (χ1n) is 8.95. The molecule has 29 heavy (non-hydrogen) atoms. The van der Waals surface area contributed by atoms with Crippen LogP contribution in [0, 0.1) is 6.92 Å². The van der Waals surface area contributed by atoms with Gasteiger partial charge >= 0.3 is 5.97 Å².